The molecule has 132 valence electrons. The molecule has 0 amide bonds. The first-order chi connectivity index (χ1) is 12.7. The Morgan fingerprint density at radius 2 is 1.85 bits per heavy atom. The number of aromatic nitrogens is 1. The molecule has 2 aromatic heterocycles. The van der Waals surface area contributed by atoms with E-state index >= 15 is 0 Å². The van der Waals surface area contributed by atoms with Gasteiger partial charge in [-0.1, -0.05) is 25.1 Å². The fraction of sp³-hybridized carbons (Fsp3) is 0.273. The minimum absolute atomic E-state index is 0.108. The van der Waals surface area contributed by atoms with Crippen molar-refractivity contribution in [1.82, 2.24) is 4.40 Å². The second kappa shape index (κ2) is 6.79. The highest BCUT2D eigenvalue weighted by molar-refractivity contribution is 6.16. The normalized spacial score (nSPS) is 13.7. The Morgan fingerprint density at radius 1 is 1.08 bits per heavy atom. The zero-order valence-corrected chi connectivity index (χ0v) is 14.8. The molecule has 0 spiro atoms. The molecule has 1 saturated carbocycles. The van der Waals surface area contributed by atoms with Gasteiger partial charge in [0.15, 0.2) is 11.6 Å². The minimum Gasteiger partial charge on any atom is -0.493 e. The highest BCUT2D eigenvalue weighted by atomic mass is 16.5. The van der Waals surface area contributed by atoms with E-state index in [-0.39, 0.29) is 17.5 Å². The quantitative estimate of drug-likeness (QED) is 0.589. The van der Waals surface area contributed by atoms with Crippen molar-refractivity contribution in [3.63, 3.8) is 0 Å². The molecule has 1 aliphatic rings. The van der Waals surface area contributed by atoms with Crippen LogP contribution < -0.4 is 4.74 Å². The second-order valence-electron chi connectivity index (χ2n) is 6.71. The van der Waals surface area contributed by atoms with Crippen molar-refractivity contribution in [2.75, 3.05) is 6.61 Å². The molecule has 26 heavy (non-hydrogen) atoms. The zero-order chi connectivity index (χ0) is 18.1. The molecule has 0 N–H and O–H groups in total. The van der Waals surface area contributed by atoms with Crippen molar-refractivity contribution in [1.29, 1.82) is 0 Å². The Labute approximate surface area is 152 Å². The number of hydrogen-bond donors (Lipinski definition) is 0. The summed E-state index contributed by atoms with van der Waals surface area (Å²) in [5.74, 6) is 0.706. The molecule has 2 heterocycles. The number of Topliss-reactive ketones (excluding diaryl/α,β-unsaturated/α-hetero) is 1. The van der Waals surface area contributed by atoms with Gasteiger partial charge in [-0.3, -0.25) is 9.59 Å². The maximum absolute atomic E-state index is 13.3. The van der Waals surface area contributed by atoms with Crippen LogP contribution in [0.25, 0.3) is 5.52 Å². The highest BCUT2D eigenvalue weighted by Crippen LogP contribution is 2.34. The van der Waals surface area contributed by atoms with Crippen LogP contribution in [0.4, 0.5) is 0 Å². The van der Waals surface area contributed by atoms with E-state index < -0.39 is 0 Å². The molecule has 1 aromatic carbocycles. The topological polar surface area (TPSA) is 47.8 Å². The maximum atomic E-state index is 13.3. The summed E-state index contributed by atoms with van der Waals surface area (Å²) < 4.78 is 7.59. The summed E-state index contributed by atoms with van der Waals surface area (Å²) in [6, 6.07) is 14.7. The van der Waals surface area contributed by atoms with E-state index in [0.717, 1.165) is 24.8 Å². The van der Waals surface area contributed by atoms with Crippen LogP contribution in [-0.4, -0.2) is 22.6 Å². The van der Waals surface area contributed by atoms with Gasteiger partial charge >= 0.3 is 0 Å². The van der Waals surface area contributed by atoms with E-state index in [1.165, 1.54) is 0 Å². The first-order valence-corrected chi connectivity index (χ1v) is 9.11. The predicted molar refractivity (Wildman–Crippen MR) is 100 cm³/mol. The van der Waals surface area contributed by atoms with Crippen LogP contribution in [0.3, 0.4) is 0 Å². The number of pyridine rings is 1. The molecule has 0 bridgehead atoms. The first-order valence-electron chi connectivity index (χ1n) is 9.11. The van der Waals surface area contributed by atoms with E-state index in [1.807, 2.05) is 53.9 Å². The Morgan fingerprint density at radius 3 is 2.62 bits per heavy atom. The number of ketones is 2. The third kappa shape index (κ3) is 2.92. The summed E-state index contributed by atoms with van der Waals surface area (Å²) in [6.45, 7) is 2.59. The minimum atomic E-state index is -0.116. The van der Waals surface area contributed by atoms with Crippen LogP contribution in [0.2, 0.25) is 0 Å². The van der Waals surface area contributed by atoms with Gasteiger partial charge < -0.3 is 9.14 Å². The van der Waals surface area contributed by atoms with Crippen LogP contribution in [0.1, 0.15) is 52.6 Å². The van der Waals surface area contributed by atoms with Gasteiger partial charge in [0.25, 0.3) is 0 Å². The Hall–Kier alpha value is -2.88. The fourth-order valence-corrected chi connectivity index (χ4v) is 3.22. The molecule has 4 heteroatoms. The van der Waals surface area contributed by atoms with Crippen LogP contribution in [-0.2, 0) is 0 Å². The molecule has 0 saturated heterocycles. The van der Waals surface area contributed by atoms with E-state index in [0.29, 0.717) is 29.2 Å². The van der Waals surface area contributed by atoms with Crippen molar-refractivity contribution < 1.29 is 14.3 Å². The summed E-state index contributed by atoms with van der Waals surface area (Å²) in [5.41, 5.74) is 2.43. The van der Waals surface area contributed by atoms with Gasteiger partial charge in [-0.2, -0.15) is 0 Å². The average molecular weight is 347 g/mol. The predicted octanol–water partition coefficient (Wildman–Crippen LogP) is 4.55. The molecule has 4 nitrogen and oxygen atoms in total. The molecular formula is C22H21NO3. The third-order valence-corrected chi connectivity index (χ3v) is 4.72. The molecule has 0 radical (unpaired) electrons. The lowest BCUT2D eigenvalue weighted by Crippen LogP contribution is -2.06. The van der Waals surface area contributed by atoms with Gasteiger partial charge in [0, 0.05) is 17.7 Å². The summed E-state index contributed by atoms with van der Waals surface area (Å²) in [5, 5.41) is 0. The zero-order valence-electron chi connectivity index (χ0n) is 14.8. The number of rotatable bonds is 7. The fourth-order valence-electron chi connectivity index (χ4n) is 3.22. The lowest BCUT2D eigenvalue weighted by atomic mass is 10.0. The number of ether oxygens (including phenoxy) is 1. The largest absolute Gasteiger partial charge is 0.493 e. The van der Waals surface area contributed by atoms with Crippen molar-refractivity contribution in [2.45, 2.75) is 26.2 Å². The number of fused-ring (bicyclic) bond motifs is 1. The van der Waals surface area contributed by atoms with Crippen molar-refractivity contribution in [3.05, 3.63) is 71.5 Å². The van der Waals surface area contributed by atoms with Crippen LogP contribution >= 0.6 is 0 Å². The van der Waals surface area contributed by atoms with Crippen molar-refractivity contribution >= 4 is 17.1 Å². The van der Waals surface area contributed by atoms with Crippen LogP contribution in [0.5, 0.6) is 5.75 Å². The molecular weight excluding hydrogens is 326 g/mol. The molecule has 1 fully saturated rings. The molecule has 0 unspecified atom stereocenters. The molecule has 3 aromatic rings. The van der Waals surface area contributed by atoms with Crippen LogP contribution in [0, 0.1) is 5.92 Å². The molecule has 1 aliphatic carbocycles. The lowest BCUT2D eigenvalue weighted by Gasteiger charge is -2.09. The molecule has 4 rings (SSSR count). The van der Waals surface area contributed by atoms with Gasteiger partial charge in [0.05, 0.1) is 23.4 Å². The second-order valence-corrected chi connectivity index (χ2v) is 6.71. The lowest BCUT2D eigenvalue weighted by molar-refractivity contribution is 0.0962. The van der Waals surface area contributed by atoms with Crippen molar-refractivity contribution in [3.8, 4) is 5.75 Å². The van der Waals surface area contributed by atoms with E-state index in [2.05, 4.69) is 0 Å². The number of para-hydroxylation sites is 1. The van der Waals surface area contributed by atoms with E-state index in [4.69, 9.17) is 4.74 Å². The summed E-state index contributed by atoms with van der Waals surface area (Å²) in [4.78, 5) is 25.9. The molecule has 0 aliphatic heterocycles. The maximum Gasteiger partial charge on any atom is 0.198 e. The van der Waals surface area contributed by atoms with E-state index in [1.54, 1.807) is 12.1 Å². The average Bonchev–Trinajstić information content (AvgIpc) is 3.46. The Kier molecular flexibility index (Phi) is 4.33. The van der Waals surface area contributed by atoms with Gasteiger partial charge in [0.2, 0.25) is 0 Å². The smallest absolute Gasteiger partial charge is 0.198 e. The van der Waals surface area contributed by atoms with Gasteiger partial charge in [-0.25, -0.2) is 0 Å². The Balaban J connectivity index is 1.80. The van der Waals surface area contributed by atoms with Gasteiger partial charge in [-0.05, 0) is 49.6 Å². The van der Waals surface area contributed by atoms with Gasteiger partial charge in [0.1, 0.15) is 5.75 Å². The summed E-state index contributed by atoms with van der Waals surface area (Å²) in [7, 11) is 0. The highest BCUT2D eigenvalue weighted by Gasteiger charge is 2.33. The standard InChI is InChI=1S/C22H21NO3/c1-2-13-26-20-9-4-3-7-16(20)22(25)17-14-19(21(24)15-10-11-15)23-12-6-5-8-18(17)23/h3-9,12,14-15H,2,10-11,13H2,1H3. The third-order valence-electron chi connectivity index (χ3n) is 4.72. The van der Waals surface area contributed by atoms with Gasteiger partial charge in [-0.15, -0.1) is 0 Å². The number of nitrogens with zero attached hydrogens (tertiary/aromatic N) is 1. The summed E-state index contributed by atoms with van der Waals surface area (Å²) in [6.07, 6.45) is 4.60. The number of benzene rings is 1. The number of hydrogen-bond acceptors (Lipinski definition) is 3. The number of carbonyl (C=O) groups excluding carboxylic acids is 2. The Bertz CT molecular complexity index is 982. The SMILES string of the molecule is CCCOc1ccccc1C(=O)c1cc(C(=O)C2CC2)n2ccccc12. The first kappa shape index (κ1) is 16.6. The van der Waals surface area contributed by atoms with E-state index in [9.17, 15) is 9.59 Å². The van der Waals surface area contributed by atoms with Crippen molar-refractivity contribution in [2.24, 2.45) is 5.92 Å². The molecule has 0 atom stereocenters. The number of carbonyl (C=O) groups is 2. The van der Waals surface area contributed by atoms with Crippen LogP contribution in [0.15, 0.2) is 54.7 Å². The summed E-state index contributed by atoms with van der Waals surface area (Å²) >= 11 is 0. The monoisotopic (exact) mass is 347 g/mol.